The molecule has 354 valence electrons. The number of rotatable bonds is 20. The number of hydrogen-bond donors (Lipinski definition) is 0. The van der Waals surface area contributed by atoms with Crippen LogP contribution in [0.15, 0.2) is 22.8 Å². The summed E-state index contributed by atoms with van der Waals surface area (Å²) in [6.45, 7) is 21.5. The van der Waals surface area contributed by atoms with Crippen molar-refractivity contribution in [2.45, 2.75) is 153 Å². The maximum absolute atomic E-state index is 14.4. The quantitative estimate of drug-likeness (QED) is 0.0553. The first-order chi connectivity index (χ1) is 31.0. The van der Waals surface area contributed by atoms with Gasteiger partial charge in [-0.1, -0.05) is 135 Å². The van der Waals surface area contributed by atoms with E-state index in [0.29, 0.717) is 75.4 Å². The molecule has 5 aliphatic rings. The summed E-state index contributed by atoms with van der Waals surface area (Å²) in [7, 11) is 1.29. The van der Waals surface area contributed by atoms with E-state index < -0.39 is 11.9 Å². The summed E-state index contributed by atoms with van der Waals surface area (Å²) in [5, 5.41) is 10.3. The Balaban J connectivity index is 0.00000720. The molecule has 2 aromatic heterocycles. The number of allylic oxidation sites excluding steroid dienone is 4. The fourth-order valence-corrected chi connectivity index (χ4v) is 11.3. The van der Waals surface area contributed by atoms with E-state index >= 15 is 0 Å². The van der Waals surface area contributed by atoms with Gasteiger partial charge < -0.3 is 30.1 Å². The van der Waals surface area contributed by atoms with E-state index in [1.54, 1.807) is 6.92 Å². The SMILES string of the molecule is CC[C@H]1/C2=C/c3[n-]c4c(c3C)C(=O)[C@H](C(=O)OC)/C4=C3/[N-]/C(=C\c4[n-]c(c(C(C)=O)c4C)/C=C(\[N-]2)[C@@H]1C)[C@@H](C)[C@@H]3CCC(=O)OCC[C@@H]1C[C@@H]1CC[C@H](C)CCC[C@H](C)CCCC(C)C.[Mg+2]. The van der Waals surface area contributed by atoms with Crippen molar-refractivity contribution < 1.29 is 28.7 Å². The monoisotopic (exact) mass is 911 g/mol. The number of Topliss-reactive ketones (excluding diaryl/α,β-unsaturated/α-hetero) is 2. The normalized spacial score (nSPS) is 28.3. The first-order valence-corrected chi connectivity index (χ1v) is 25.0. The van der Waals surface area contributed by atoms with Gasteiger partial charge in [0.05, 0.1) is 13.7 Å². The van der Waals surface area contributed by atoms with Crippen molar-refractivity contribution in [1.82, 2.24) is 9.97 Å². The van der Waals surface area contributed by atoms with Gasteiger partial charge in [-0.25, -0.2) is 0 Å². The van der Waals surface area contributed by atoms with E-state index in [4.69, 9.17) is 30.1 Å². The van der Waals surface area contributed by atoms with Crippen LogP contribution in [-0.4, -0.2) is 60.3 Å². The average molecular weight is 912 g/mol. The zero-order valence-electron chi connectivity index (χ0n) is 41.9. The molecule has 66 heavy (non-hydrogen) atoms. The summed E-state index contributed by atoms with van der Waals surface area (Å²) >= 11 is 0. The van der Waals surface area contributed by atoms with E-state index in [1.165, 1.54) is 64.9 Å². The standard InChI is InChI=1S/C55H76N4O6.Mg/c1-12-39-32(6)41-28-46-48(36(10)60)34(8)43(57-46)26-42-33(7)40(52(58-42)50-51(55(63)64-11)54(62)49-35(9)44(59-53(49)50)27-45(39)56-41)21-22-47(61)65-24-23-38-25-37(38)20-19-31(5)18-14-17-30(4)16-13-15-29(2)3;/h26-33,37-40,51H,12-25H2,1-11H3,(H2-2,56,57,58,59,60,62);/q-2;+2/p-2/b42-26-,45-27-;/t30-,31-,32-,33+,37+,38-,39-,40+,51-;/m1./s1. The van der Waals surface area contributed by atoms with Crippen molar-refractivity contribution in [3.8, 4) is 0 Å². The molecule has 3 fully saturated rings. The van der Waals surface area contributed by atoms with Crippen LogP contribution >= 0.6 is 0 Å². The molecule has 0 unspecified atom stereocenters. The number of fused-ring (bicyclic) bond motifs is 7. The molecule has 5 heterocycles. The zero-order valence-corrected chi connectivity index (χ0v) is 43.3. The summed E-state index contributed by atoms with van der Waals surface area (Å²) < 4.78 is 11.1. The number of aromatic nitrogens is 2. The molecule has 8 bridgehead atoms. The minimum Gasteiger partial charge on any atom is -0.664 e. The van der Waals surface area contributed by atoms with Crippen molar-refractivity contribution in [2.75, 3.05) is 13.7 Å². The number of ether oxygens (including phenoxy) is 2. The molecule has 7 rings (SSSR count). The molecule has 2 saturated heterocycles. The van der Waals surface area contributed by atoms with E-state index in [0.717, 1.165) is 53.5 Å². The number of methoxy groups -OCH3 is 1. The van der Waals surface area contributed by atoms with Crippen LogP contribution in [0.2, 0.25) is 0 Å². The second-order valence-electron chi connectivity index (χ2n) is 20.9. The Labute approximate surface area is 411 Å². The van der Waals surface area contributed by atoms with E-state index in [-0.39, 0.29) is 70.7 Å². The van der Waals surface area contributed by atoms with Gasteiger partial charge in [0.15, 0.2) is 11.6 Å². The van der Waals surface area contributed by atoms with Crippen LogP contribution in [0.1, 0.15) is 193 Å². The van der Waals surface area contributed by atoms with Crippen molar-refractivity contribution in [1.29, 1.82) is 0 Å². The number of carbonyl (C=O) groups excluding carboxylic acids is 4. The Bertz CT molecular complexity index is 2270. The van der Waals surface area contributed by atoms with Gasteiger partial charge in [-0.15, -0.1) is 22.8 Å². The number of hydrogen-bond acceptors (Lipinski definition) is 6. The molecule has 3 aliphatic heterocycles. The summed E-state index contributed by atoms with van der Waals surface area (Å²) in [6, 6.07) is 0. The molecule has 0 spiro atoms. The Hall–Kier alpha value is -3.83. The van der Waals surface area contributed by atoms with Crippen LogP contribution < -0.4 is 9.97 Å². The molecular formula is C55H74MgN4O6-2. The molecule has 9 atom stereocenters. The van der Waals surface area contributed by atoms with Crippen LogP contribution in [0.5, 0.6) is 0 Å². The first kappa shape index (κ1) is 51.6. The predicted octanol–water partition coefficient (Wildman–Crippen LogP) is 12.6. The Morgan fingerprint density at radius 1 is 0.758 bits per heavy atom. The fourth-order valence-electron chi connectivity index (χ4n) is 11.3. The van der Waals surface area contributed by atoms with E-state index in [9.17, 15) is 19.2 Å². The molecule has 10 nitrogen and oxygen atoms in total. The van der Waals surface area contributed by atoms with E-state index in [2.05, 4.69) is 48.5 Å². The maximum Gasteiger partial charge on any atom is 2.00 e. The molecule has 0 aromatic carbocycles. The van der Waals surface area contributed by atoms with Crippen LogP contribution in [0.25, 0.3) is 34.4 Å². The number of nitrogens with zero attached hydrogens (tertiary/aromatic N) is 4. The number of ketones is 2. The van der Waals surface area contributed by atoms with Crippen LogP contribution in [0.3, 0.4) is 0 Å². The molecule has 0 amide bonds. The van der Waals surface area contributed by atoms with Crippen LogP contribution in [0, 0.1) is 73.0 Å². The minimum absolute atomic E-state index is 0. The summed E-state index contributed by atoms with van der Waals surface area (Å²) in [4.78, 5) is 64.8. The van der Waals surface area contributed by atoms with Crippen molar-refractivity contribution >= 4 is 70.4 Å². The third-order valence-corrected chi connectivity index (χ3v) is 15.7. The third kappa shape index (κ3) is 11.0. The van der Waals surface area contributed by atoms with Gasteiger partial charge >= 0.3 is 35.0 Å². The topological polar surface area (TPSA) is 143 Å². The molecule has 0 radical (unpaired) electrons. The molecule has 2 aliphatic carbocycles. The zero-order chi connectivity index (χ0) is 46.9. The first-order valence-electron chi connectivity index (χ1n) is 25.0. The molecule has 11 heteroatoms. The van der Waals surface area contributed by atoms with Crippen molar-refractivity contribution in [3.05, 3.63) is 78.5 Å². The Kier molecular flexibility index (Phi) is 17.2. The van der Waals surface area contributed by atoms with Gasteiger partial charge in [-0.05, 0) is 99.7 Å². The van der Waals surface area contributed by atoms with Crippen LogP contribution in [-0.2, 0) is 19.1 Å². The largest absolute Gasteiger partial charge is 2.00 e. The Morgan fingerprint density at radius 3 is 2.03 bits per heavy atom. The maximum atomic E-state index is 14.4. The molecule has 0 N–H and O–H groups in total. The third-order valence-electron chi connectivity index (χ3n) is 15.7. The van der Waals surface area contributed by atoms with Gasteiger partial charge in [0.2, 0.25) is 0 Å². The van der Waals surface area contributed by atoms with E-state index in [1.807, 2.05) is 32.1 Å². The van der Waals surface area contributed by atoms with Gasteiger partial charge in [-0.2, -0.15) is 22.8 Å². The van der Waals surface area contributed by atoms with Gasteiger partial charge in [-0.3, -0.25) is 19.2 Å². The molecule has 2 aromatic rings. The summed E-state index contributed by atoms with van der Waals surface area (Å²) in [5.41, 5.74) is 8.02. The van der Waals surface area contributed by atoms with Crippen molar-refractivity contribution in [2.24, 2.45) is 59.2 Å². The second kappa shape index (κ2) is 22.1. The summed E-state index contributed by atoms with van der Waals surface area (Å²) in [6.07, 6.45) is 19.9. The van der Waals surface area contributed by atoms with Crippen LogP contribution in [0.4, 0.5) is 0 Å². The minimum atomic E-state index is -1.23. The average Bonchev–Trinajstić information content (AvgIpc) is 3.40. The number of carbonyl (C=O) groups is 4. The van der Waals surface area contributed by atoms with Gasteiger partial charge in [0.1, 0.15) is 5.92 Å². The molecular weight excluding hydrogens is 837 g/mol. The van der Waals surface area contributed by atoms with Crippen molar-refractivity contribution in [3.63, 3.8) is 0 Å². The summed E-state index contributed by atoms with van der Waals surface area (Å²) in [5.74, 6) is 0.718. The number of esters is 2. The predicted molar refractivity (Wildman–Crippen MR) is 264 cm³/mol. The Morgan fingerprint density at radius 2 is 1.36 bits per heavy atom. The molecule has 1 saturated carbocycles. The van der Waals surface area contributed by atoms with Gasteiger partial charge in [0.25, 0.3) is 0 Å². The van der Waals surface area contributed by atoms with Gasteiger partial charge in [0, 0.05) is 17.5 Å². The smallest absolute Gasteiger partial charge is 0.664 e. The second-order valence-corrected chi connectivity index (χ2v) is 20.9. The fraction of sp³-hybridized carbons (Fsp3) is 0.636.